The molecule has 3 N–H and O–H groups in total. The molecule has 0 aromatic heterocycles. The van der Waals surface area contributed by atoms with Crippen LogP contribution in [-0.4, -0.2) is 29.2 Å². The first-order valence-corrected chi connectivity index (χ1v) is 6.14. The number of nitrogens with one attached hydrogen (secondary N) is 2. The summed E-state index contributed by atoms with van der Waals surface area (Å²) in [5, 5.41) is 15.2. The second-order valence-corrected chi connectivity index (χ2v) is 5.34. The van der Waals surface area contributed by atoms with Gasteiger partial charge in [0, 0.05) is 11.7 Å². The molecule has 0 saturated carbocycles. The zero-order valence-corrected chi connectivity index (χ0v) is 11.4. The molecule has 0 heterocycles. The maximum Gasteiger partial charge on any atom is 0.253 e. The molecule has 18 heavy (non-hydrogen) atoms. The van der Waals surface area contributed by atoms with Gasteiger partial charge in [0.15, 0.2) is 0 Å². The van der Waals surface area contributed by atoms with Gasteiger partial charge in [-0.3, -0.25) is 4.79 Å². The van der Waals surface area contributed by atoms with Crippen molar-refractivity contribution >= 4 is 11.6 Å². The lowest BCUT2D eigenvalue weighted by atomic mass is 10.1. The number of carbonyl (C=O) groups excluding carboxylic acids is 1. The number of para-hydroxylation sites is 1. The molecule has 1 aromatic carbocycles. The van der Waals surface area contributed by atoms with Gasteiger partial charge in [0.25, 0.3) is 5.91 Å². The number of benzene rings is 1. The fourth-order valence-corrected chi connectivity index (χ4v) is 1.53. The van der Waals surface area contributed by atoms with Crippen LogP contribution in [0.2, 0.25) is 0 Å². The van der Waals surface area contributed by atoms with E-state index in [4.69, 9.17) is 0 Å². The molecular weight excluding hydrogens is 228 g/mol. The second-order valence-electron chi connectivity index (χ2n) is 5.34. The topological polar surface area (TPSA) is 61.4 Å². The average molecular weight is 250 g/mol. The number of carbonyl (C=O) groups is 1. The molecule has 0 atom stereocenters. The van der Waals surface area contributed by atoms with Gasteiger partial charge >= 0.3 is 0 Å². The first kappa shape index (κ1) is 14.5. The van der Waals surface area contributed by atoms with Crippen molar-refractivity contribution in [2.75, 3.05) is 11.9 Å². The van der Waals surface area contributed by atoms with Crippen molar-refractivity contribution in [1.29, 1.82) is 0 Å². The van der Waals surface area contributed by atoms with Crippen LogP contribution in [-0.2, 0) is 0 Å². The maximum atomic E-state index is 12.2. The predicted molar refractivity (Wildman–Crippen MR) is 73.8 cm³/mol. The number of aliphatic hydroxyl groups excluding tert-OH is 1. The summed E-state index contributed by atoms with van der Waals surface area (Å²) in [7, 11) is 0. The highest BCUT2D eigenvalue weighted by atomic mass is 16.3. The molecular formula is C14H22N2O2. The lowest BCUT2D eigenvalue weighted by Gasteiger charge is -2.24. The van der Waals surface area contributed by atoms with E-state index in [0.29, 0.717) is 5.56 Å². The number of rotatable bonds is 5. The zero-order chi connectivity index (χ0) is 13.8. The van der Waals surface area contributed by atoms with Gasteiger partial charge in [-0.15, -0.1) is 0 Å². The molecule has 0 spiro atoms. The largest absolute Gasteiger partial charge is 0.394 e. The average Bonchev–Trinajstić information content (AvgIpc) is 2.28. The Bertz CT molecular complexity index is 414. The van der Waals surface area contributed by atoms with E-state index in [9.17, 15) is 9.90 Å². The maximum absolute atomic E-state index is 12.2. The Hall–Kier alpha value is -1.55. The third-order valence-electron chi connectivity index (χ3n) is 2.46. The van der Waals surface area contributed by atoms with Gasteiger partial charge < -0.3 is 15.7 Å². The van der Waals surface area contributed by atoms with Gasteiger partial charge in [-0.25, -0.2) is 0 Å². The summed E-state index contributed by atoms with van der Waals surface area (Å²) >= 11 is 0. The molecule has 0 fully saturated rings. The minimum atomic E-state index is -0.623. The summed E-state index contributed by atoms with van der Waals surface area (Å²) in [5.74, 6) is -0.183. The van der Waals surface area contributed by atoms with Crippen molar-refractivity contribution in [1.82, 2.24) is 5.32 Å². The number of anilines is 1. The number of aliphatic hydroxyl groups is 1. The van der Waals surface area contributed by atoms with Gasteiger partial charge in [-0.2, -0.15) is 0 Å². The van der Waals surface area contributed by atoms with E-state index in [1.54, 1.807) is 19.9 Å². The van der Waals surface area contributed by atoms with Crippen molar-refractivity contribution < 1.29 is 9.90 Å². The van der Waals surface area contributed by atoms with Crippen LogP contribution in [0.3, 0.4) is 0 Å². The van der Waals surface area contributed by atoms with E-state index in [1.807, 2.05) is 32.0 Å². The molecule has 0 bridgehead atoms. The van der Waals surface area contributed by atoms with E-state index in [2.05, 4.69) is 10.6 Å². The normalized spacial score (nSPS) is 11.4. The smallest absolute Gasteiger partial charge is 0.253 e. The third-order valence-corrected chi connectivity index (χ3v) is 2.46. The van der Waals surface area contributed by atoms with E-state index in [-0.39, 0.29) is 18.6 Å². The second kappa shape index (κ2) is 5.87. The molecule has 100 valence electrons. The molecule has 4 heteroatoms. The summed E-state index contributed by atoms with van der Waals surface area (Å²) < 4.78 is 0. The van der Waals surface area contributed by atoms with E-state index in [0.717, 1.165) is 5.69 Å². The molecule has 0 aliphatic rings. The van der Waals surface area contributed by atoms with Crippen LogP contribution in [0.1, 0.15) is 38.1 Å². The summed E-state index contributed by atoms with van der Waals surface area (Å²) in [5.41, 5.74) is 0.772. The molecule has 1 amide bonds. The lowest BCUT2D eigenvalue weighted by molar-refractivity contribution is 0.0870. The first-order chi connectivity index (χ1) is 8.35. The number of amides is 1. The van der Waals surface area contributed by atoms with Gasteiger partial charge in [-0.05, 0) is 39.8 Å². The van der Waals surface area contributed by atoms with E-state index in [1.165, 1.54) is 0 Å². The predicted octanol–water partition coefficient (Wildman–Crippen LogP) is 2.01. The fraction of sp³-hybridized carbons (Fsp3) is 0.500. The summed E-state index contributed by atoms with van der Waals surface area (Å²) in [6.07, 6.45) is 0. The molecule has 0 aliphatic heterocycles. The van der Waals surface area contributed by atoms with Crippen LogP contribution in [0, 0.1) is 0 Å². The van der Waals surface area contributed by atoms with E-state index >= 15 is 0 Å². The zero-order valence-electron chi connectivity index (χ0n) is 11.4. The van der Waals surface area contributed by atoms with Crippen molar-refractivity contribution in [2.24, 2.45) is 0 Å². The molecule has 0 saturated heterocycles. The Labute approximate surface area is 108 Å². The minimum absolute atomic E-state index is 0.0987. The summed E-state index contributed by atoms with van der Waals surface area (Å²) in [4.78, 5) is 12.2. The van der Waals surface area contributed by atoms with Crippen LogP contribution < -0.4 is 10.6 Å². The molecule has 0 aliphatic carbocycles. The Balaban J connectivity index is 2.92. The Morgan fingerprint density at radius 2 is 1.94 bits per heavy atom. The highest BCUT2D eigenvalue weighted by molar-refractivity contribution is 6.00. The van der Waals surface area contributed by atoms with Crippen molar-refractivity contribution in [3.05, 3.63) is 29.8 Å². The molecule has 1 aromatic rings. The first-order valence-electron chi connectivity index (χ1n) is 6.14. The number of hydrogen-bond donors (Lipinski definition) is 3. The summed E-state index contributed by atoms with van der Waals surface area (Å²) in [6, 6.07) is 7.61. The summed E-state index contributed by atoms with van der Waals surface area (Å²) in [6.45, 7) is 7.50. The van der Waals surface area contributed by atoms with Gasteiger partial charge in [0.1, 0.15) is 0 Å². The van der Waals surface area contributed by atoms with Crippen molar-refractivity contribution in [3.63, 3.8) is 0 Å². The van der Waals surface area contributed by atoms with Gasteiger partial charge in [0.05, 0.1) is 17.7 Å². The van der Waals surface area contributed by atoms with Crippen LogP contribution in [0.25, 0.3) is 0 Å². The van der Waals surface area contributed by atoms with Crippen molar-refractivity contribution in [2.45, 2.75) is 39.3 Å². The van der Waals surface area contributed by atoms with Crippen LogP contribution >= 0.6 is 0 Å². The van der Waals surface area contributed by atoms with Crippen LogP contribution in [0.4, 0.5) is 5.69 Å². The Morgan fingerprint density at radius 3 is 2.50 bits per heavy atom. The van der Waals surface area contributed by atoms with Crippen LogP contribution in [0.15, 0.2) is 24.3 Å². The third kappa shape index (κ3) is 4.04. The molecule has 0 radical (unpaired) electrons. The monoisotopic (exact) mass is 250 g/mol. The molecule has 1 rings (SSSR count). The molecule has 4 nitrogen and oxygen atoms in total. The minimum Gasteiger partial charge on any atom is -0.394 e. The lowest BCUT2D eigenvalue weighted by Crippen LogP contribution is -2.46. The fourth-order valence-electron chi connectivity index (χ4n) is 1.53. The molecule has 0 unspecified atom stereocenters. The van der Waals surface area contributed by atoms with Crippen molar-refractivity contribution in [3.8, 4) is 0 Å². The van der Waals surface area contributed by atoms with E-state index < -0.39 is 5.54 Å². The number of hydrogen-bond acceptors (Lipinski definition) is 3. The highest BCUT2D eigenvalue weighted by Crippen LogP contribution is 2.17. The van der Waals surface area contributed by atoms with Gasteiger partial charge in [-0.1, -0.05) is 12.1 Å². The Morgan fingerprint density at radius 1 is 1.33 bits per heavy atom. The van der Waals surface area contributed by atoms with Crippen LogP contribution in [0.5, 0.6) is 0 Å². The quantitative estimate of drug-likeness (QED) is 0.749. The highest BCUT2D eigenvalue weighted by Gasteiger charge is 2.21. The Kier molecular flexibility index (Phi) is 4.73. The SMILES string of the molecule is CC(C)Nc1ccccc1C(=O)NC(C)(C)CO. The standard InChI is InChI=1S/C14H22N2O2/c1-10(2)15-12-8-6-5-7-11(12)13(18)16-14(3,4)9-17/h5-8,10,15,17H,9H2,1-4H3,(H,16,18). The van der Waals surface area contributed by atoms with Gasteiger partial charge in [0.2, 0.25) is 0 Å².